The lowest BCUT2D eigenvalue weighted by Gasteiger charge is -2.24. The lowest BCUT2D eigenvalue weighted by molar-refractivity contribution is -0.138. The molecule has 1 unspecified atom stereocenters. The van der Waals surface area contributed by atoms with Crippen molar-refractivity contribution in [1.29, 1.82) is 0 Å². The van der Waals surface area contributed by atoms with Gasteiger partial charge in [0.15, 0.2) is 0 Å². The van der Waals surface area contributed by atoms with E-state index in [9.17, 15) is 14.4 Å². The molecule has 0 saturated carbocycles. The van der Waals surface area contributed by atoms with Crippen LogP contribution in [0.25, 0.3) is 0 Å². The molecule has 1 N–H and O–H groups in total. The highest BCUT2D eigenvalue weighted by atomic mass is 16.5. The highest BCUT2D eigenvalue weighted by molar-refractivity contribution is 6.01. The number of anilines is 2. The molecule has 2 aromatic rings. The zero-order valence-corrected chi connectivity index (χ0v) is 16.6. The van der Waals surface area contributed by atoms with Crippen molar-refractivity contribution in [2.45, 2.75) is 13.3 Å². The molecule has 1 saturated heterocycles. The number of ether oxygens (including phenoxy) is 1. The molecule has 1 heterocycles. The first-order valence-electron chi connectivity index (χ1n) is 9.60. The lowest BCUT2D eigenvalue weighted by Crippen LogP contribution is -2.42. The lowest BCUT2D eigenvalue weighted by atomic mass is 10.1. The van der Waals surface area contributed by atoms with E-state index in [1.807, 2.05) is 37.3 Å². The van der Waals surface area contributed by atoms with Gasteiger partial charge in [0.2, 0.25) is 17.7 Å². The van der Waals surface area contributed by atoms with Crippen LogP contribution in [0.3, 0.4) is 0 Å². The Morgan fingerprint density at radius 1 is 1.17 bits per heavy atom. The van der Waals surface area contributed by atoms with Gasteiger partial charge in [-0.2, -0.15) is 0 Å². The van der Waals surface area contributed by atoms with Crippen molar-refractivity contribution in [3.05, 3.63) is 54.6 Å². The Balaban J connectivity index is 1.61. The number of likely N-dealkylation sites (N-methyl/N-ethyl adjacent to an activating group) is 1. The molecule has 0 bridgehead atoms. The fourth-order valence-corrected chi connectivity index (χ4v) is 3.41. The number of benzene rings is 2. The van der Waals surface area contributed by atoms with E-state index in [0.29, 0.717) is 24.5 Å². The summed E-state index contributed by atoms with van der Waals surface area (Å²) < 4.78 is 5.15. The second kappa shape index (κ2) is 9.23. The van der Waals surface area contributed by atoms with Crippen LogP contribution < -0.4 is 15.0 Å². The number of hydrogen-bond acceptors (Lipinski definition) is 4. The summed E-state index contributed by atoms with van der Waals surface area (Å²) in [5, 5.41) is 2.78. The Bertz CT molecular complexity index is 885. The number of nitrogens with zero attached hydrogens (tertiary/aromatic N) is 2. The molecule has 0 aromatic heterocycles. The third-order valence-corrected chi connectivity index (χ3v) is 4.92. The van der Waals surface area contributed by atoms with Crippen LogP contribution in [0.1, 0.15) is 13.3 Å². The van der Waals surface area contributed by atoms with Crippen LogP contribution in [-0.2, 0) is 14.4 Å². The second-order valence-electron chi connectivity index (χ2n) is 6.87. The van der Waals surface area contributed by atoms with E-state index in [0.717, 1.165) is 5.69 Å². The molecule has 3 rings (SSSR count). The van der Waals surface area contributed by atoms with Gasteiger partial charge in [0.05, 0.1) is 19.6 Å². The fourth-order valence-electron chi connectivity index (χ4n) is 3.41. The molecule has 7 nitrogen and oxygen atoms in total. The second-order valence-corrected chi connectivity index (χ2v) is 6.87. The molecule has 1 aliphatic rings. The van der Waals surface area contributed by atoms with Crippen LogP contribution >= 0.6 is 0 Å². The molecule has 0 radical (unpaired) electrons. The van der Waals surface area contributed by atoms with Crippen molar-refractivity contribution >= 4 is 29.1 Å². The first-order valence-corrected chi connectivity index (χ1v) is 9.60. The molecule has 0 spiro atoms. The standard InChI is InChI=1S/C22H25N3O4/c1-3-24(15-20(26)23-17-8-7-11-19(13-17)29-2)22(28)16-12-21(27)25(14-16)18-9-5-4-6-10-18/h4-11,13,16H,3,12,14-15H2,1-2H3,(H,23,26). The predicted octanol–water partition coefficient (Wildman–Crippen LogP) is 2.54. The van der Waals surface area contributed by atoms with Crippen LogP contribution in [0.15, 0.2) is 54.6 Å². The van der Waals surface area contributed by atoms with Crippen LogP contribution in [0.5, 0.6) is 5.75 Å². The molecule has 1 fully saturated rings. The zero-order chi connectivity index (χ0) is 20.8. The SMILES string of the molecule is CCN(CC(=O)Nc1cccc(OC)c1)C(=O)C1CC(=O)N(c2ccccc2)C1. The molecular formula is C22H25N3O4. The van der Waals surface area contributed by atoms with Crippen molar-refractivity contribution in [1.82, 2.24) is 4.90 Å². The van der Waals surface area contributed by atoms with Gasteiger partial charge >= 0.3 is 0 Å². The van der Waals surface area contributed by atoms with E-state index in [2.05, 4.69) is 5.32 Å². The Morgan fingerprint density at radius 2 is 1.93 bits per heavy atom. The van der Waals surface area contributed by atoms with Gasteiger partial charge < -0.3 is 19.9 Å². The van der Waals surface area contributed by atoms with Crippen molar-refractivity contribution in [3.63, 3.8) is 0 Å². The summed E-state index contributed by atoms with van der Waals surface area (Å²) >= 11 is 0. The predicted molar refractivity (Wildman–Crippen MR) is 111 cm³/mol. The number of rotatable bonds is 7. The largest absolute Gasteiger partial charge is 0.497 e. The average Bonchev–Trinajstić information content (AvgIpc) is 3.14. The number of carbonyl (C=O) groups is 3. The van der Waals surface area contributed by atoms with Crippen LogP contribution in [0.4, 0.5) is 11.4 Å². The van der Waals surface area contributed by atoms with Crippen LogP contribution in [0, 0.1) is 5.92 Å². The molecule has 29 heavy (non-hydrogen) atoms. The Labute approximate surface area is 170 Å². The van der Waals surface area contributed by atoms with Gasteiger partial charge in [0.25, 0.3) is 0 Å². The summed E-state index contributed by atoms with van der Waals surface area (Å²) in [5.41, 5.74) is 1.38. The van der Waals surface area contributed by atoms with Gasteiger partial charge in [-0.05, 0) is 31.2 Å². The van der Waals surface area contributed by atoms with E-state index in [-0.39, 0.29) is 30.7 Å². The molecule has 152 valence electrons. The minimum atomic E-state index is -0.452. The van der Waals surface area contributed by atoms with Gasteiger partial charge in [0.1, 0.15) is 5.75 Å². The summed E-state index contributed by atoms with van der Waals surface area (Å²) in [7, 11) is 1.56. The van der Waals surface area contributed by atoms with Crippen molar-refractivity contribution < 1.29 is 19.1 Å². The van der Waals surface area contributed by atoms with Crippen LogP contribution in [-0.4, -0.2) is 49.4 Å². The minimum absolute atomic E-state index is 0.0669. The Kier molecular flexibility index (Phi) is 6.49. The number of methoxy groups -OCH3 is 1. The monoisotopic (exact) mass is 395 g/mol. The third-order valence-electron chi connectivity index (χ3n) is 4.92. The van der Waals surface area contributed by atoms with Gasteiger partial charge in [-0.3, -0.25) is 14.4 Å². The topological polar surface area (TPSA) is 79.0 Å². The highest BCUT2D eigenvalue weighted by Crippen LogP contribution is 2.26. The van der Waals surface area contributed by atoms with E-state index in [4.69, 9.17) is 4.74 Å². The summed E-state index contributed by atoms with van der Waals surface area (Å²) in [4.78, 5) is 40.9. The summed E-state index contributed by atoms with van der Waals surface area (Å²) in [6.07, 6.45) is 0.154. The van der Waals surface area contributed by atoms with E-state index >= 15 is 0 Å². The third kappa shape index (κ3) is 4.93. The number of carbonyl (C=O) groups excluding carboxylic acids is 3. The normalized spacial score (nSPS) is 15.9. The van der Waals surface area contributed by atoms with E-state index in [1.54, 1.807) is 36.3 Å². The Morgan fingerprint density at radius 3 is 2.62 bits per heavy atom. The van der Waals surface area contributed by atoms with Crippen LogP contribution in [0.2, 0.25) is 0 Å². The molecule has 1 aliphatic heterocycles. The van der Waals surface area contributed by atoms with Crippen molar-refractivity contribution in [2.75, 3.05) is 37.0 Å². The summed E-state index contributed by atoms with van der Waals surface area (Å²) in [5.74, 6) is -0.367. The minimum Gasteiger partial charge on any atom is -0.497 e. The number of amides is 3. The van der Waals surface area contributed by atoms with E-state index in [1.165, 1.54) is 4.90 Å². The smallest absolute Gasteiger partial charge is 0.243 e. The molecule has 0 aliphatic carbocycles. The number of para-hydroxylation sites is 1. The molecular weight excluding hydrogens is 370 g/mol. The quantitative estimate of drug-likeness (QED) is 0.781. The van der Waals surface area contributed by atoms with Gasteiger partial charge in [-0.1, -0.05) is 24.3 Å². The summed E-state index contributed by atoms with van der Waals surface area (Å²) in [6.45, 7) is 2.47. The maximum absolute atomic E-state index is 12.9. The molecule has 1 atom stereocenters. The average molecular weight is 395 g/mol. The van der Waals surface area contributed by atoms with Gasteiger partial charge in [0, 0.05) is 37.0 Å². The molecule has 3 amide bonds. The highest BCUT2D eigenvalue weighted by Gasteiger charge is 2.37. The maximum atomic E-state index is 12.9. The van der Waals surface area contributed by atoms with Crippen molar-refractivity contribution in [2.24, 2.45) is 5.92 Å². The van der Waals surface area contributed by atoms with E-state index < -0.39 is 5.92 Å². The fraction of sp³-hybridized carbons (Fsp3) is 0.318. The first-order chi connectivity index (χ1) is 14.0. The summed E-state index contributed by atoms with van der Waals surface area (Å²) in [6, 6.07) is 16.3. The Hall–Kier alpha value is -3.35. The maximum Gasteiger partial charge on any atom is 0.243 e. The number of nitrogens with one attached hydrogen (secondary N) is 1. The molecule has 7 heteroatoms. The zero-order valence-electron chi connectivity index (χ0n) is 16.6. The first kappa shape index (κ1) is 20.4. The molecule has 2 aromatic carbocycles. The van der Waals surface area contributed by atoms with Crippen molar-refractivity contribution in [3.8, 4) is 5.75 Å². The van der Waals surface area contributed by atoms with Gasteiger partial charge in [-0.25, -0.2) is 0 Å². The van der Waals surface area contributed by atoms with Gasteiger partial charge in [-0.15, -0.1) is 0 Å². The number of hydrogen-bond donors (Lipinski definition) is 1.